The van der Waals surface area contributed by atoms with Gasteiger partial charge in [-0.25, -0.2) is 4.79 Å². The van der Waals surface area contributed by atoms with E-state index in [1.54, 1.807) is 6.07 Å². The number of benzene rings is 1. The summed E-state index contributed by atoms with van der Waals surface area (Å²) in [6.45, 7) is 0.838. The third-order valence-corrected chi connectivity index (χ3v) is 3.30. The molecule has 1 saturated carbocycles. The summed E-state index contributed by atoms with van der Waals surface area (Å²) in [5, 5.41) is 3.82. The molecule has 1 aliphatic carbocycles. The largest absolute Gasteiger partial charge is 0.468 e. The van der Waals surface area contributed by atoms with Crippen molar-refractivity contribution in [2.75, 3.05) is 13.7 Å². The summed E-state index contributed by atoms with van der Waals surface area (Å²) in [5.41, 5.74) is 0.779. The van der Waals surface area contributed by atoms with Crippen molar-refractivity contribution in [2.45, 2.75) is 18.9 Å². The summed E-state index contributed by atoms with van der Waals surface area (Å²) in [7, 11) is 1.39. The summed E-state index contributed by atoms with van der Waals surface area (Å²) >= 11 is 6.10. The van der Waals surface area contributed by atoms with Gasteiger partial charge in [-0.3, -0.25) is 0 Å². The highest BCUT2D eigenvalue weighted by atomic mass is 35.5. The molecule has 17 heavy (non-hydrogen) atoms. The predicted molar refractivity (Wildman–Crippen MR) is 66.9 cm³/mol. The molecular formula is C13H16ClNO2. The Morgan fingerprint density at radius 2 is 2.24 bits per heavy atom. The molecule has 1 aliphatic rings. The number of nitrogens with one attached hydrogen (secondary N) is 1. The fraction of sp³-hybridized carbons (Fsp3) is 0.462. The molecule has 1 atom stereocenters. The van der Waals surface area contributed by atoms with Crippen molar-refractivity contribution >= 4 is 17.6 Å². The highest BCUT2D eigenvalue weighted by Gasteiger charge is 2.27. The Labute approximate surface area is 106 Å². The Kier molecular flexibility index (Phi) is 4.02. The monoisotopic (exact) mass is 253 g/mol. The van der Waals surface area contributed by atoms with Gasteiger partial charge in [0.1, 0.15) is 6.04 Å². The van der Waals surface area contributed by atoms with E-state index in [0.717, 1.165) is 12.1 Å². The van der Waals surface area contributed by atoms with Gasteiger partial charge in [-0.15, -0.1) is 0 Å². The molecule has 4 heteroatoms. The highest BCUT2D eigenvalue weighted by Crippen LogP contribution is 2.30. The van der Waals surface area contributed by atoms with Crippen molar-refractivity contribution in [3.8, 4) is 0 Å². The van der Waals surface area contributed by atoms with Gasteiger partial charge in [0.2, 0.25) is 0 Å². The van der Waals surface area contributed by atoms with Crippen LogP contribution in [0, 0.1) is 5.92 Å². The highest BCUT2D eigenvalue weighted by molar-refractivity contribution is 6.31. The number of rotatable bonds is 5. The number of hydrogen-bond acceptors (Lipinski definition) is 3. The molecule has 0 saturated heterocycles. The zero-order chi connectivity index (χ0) is 12.3. The number of esters is 1. The molecule has 1 unspecified atom stereocenters. The first kappa shape index (κ1) is 12.4. The van der Waals surface area contributed by atoms with E-state index in [-0.39, 0.29) is 5.97 Å². The molecule has 0 amide bonds. The van der Waals surface area contributed by atoms with Crippen LogP contribution in [-0.4, -0.2) is 19.6 Å². The van der Waals surface area contributed by atoms with E-state index in [9.17, 15) is 4.79 Å². The molecule has 0 aliphatic heterocycles. The minimum atomic E-state index is -0.464. The first-order chi connectivity index (χ1) is 8.22. The predicted octanol–water partition coefficient (Wildman–Crippen LogP) is 2.55. The van der Waals surface area contributed by atoms with Gasteiger partial charge in [-0.1, -0.05) is 29.8 Å². The van der Waals surface area contributed by atoms with Crippen molar-refractivity contribution in [1.29, 1.82) is 0 Å². The molecule has 0 heterocycles. The topological polar surface area (TPSA) is 38.3 Å². The Balaban J connectivity index is 2.13. The van der Waals surface area contributed by atoms with Gasteiger partial charge in [0.05, 0.1) is 7.11 Å². The number of halogens is 1. The Bertz CT molecular complexity index is 404. The molecule has 3 nitrogen and oxygen atoms in total. The summed E-state index contributed by atoms with van der Waals surface area (Å²) in [4.78, 5) is 11.8. The maximum atomic E-state index is 11.8. The van der Waals surface area contributed by atoms with E-state index < -0.39 is 6.04 Å². The third-order valence-electron chi connectivity index (χ3n) is 2.96. The number of carbonyl (C=O) groups excluding carboxylic acids is 1. The Hall–Kier alpha value is -1.06. The molecular weight excluding hydrogens is 238 g/mol. The lowest BCUT2D eigenvalue weighted by atomic mass is 10.1. The second-order valence-electron chi connectivity index (χ2n) is 4.33. The van der Waals surface area contributed by atoms with Crippen molar-refractivity contribution in [2.24, 2.45) is 5.92 Å². The van der Waals surface area contributed by atoms with E-state index >= 15 is 0 Å². The summed E-state index contributed by atoms with van der Waals surface area (Å²) in [6.07, 6.45) is 2.48. The van der Waals surface area contributed by atoms with E-state index in [1.807, 2.05) is 18.2 Å². The summed E-state index contributed by atoms with van der Waals surface area (Å²) in [5.74, 6) is 0.406. The maximum Gasteiger partial charge on any atom is 0.327 e. The minimum Gasteiger partial charge on any atom is -0.468 e. The van der Waals surface area contributed by atoms with Crippen molar-refractivity contribution in [3.63, 3.8) is 0 Å². The fourth-order valence-electron chi connectivity index (χ4n) is 1.75. The fourth-order valence-corrected chi connectivity index (χ4v) is 2.00. The van der Waals surface area contributed by atoms with Crippen LogP contribution in [-0.2, 0) is 9.53 Å². The molecule has 1 aromatic rings. The van der Waals surface area contributed by atoms with Crippen LogP contribution >= 0.6 is 11.6 Å². The lowest BCUT2D eigenvalue weighted by Gasteiger charge is -2.17. The molecule has 0 aromatic heterocycles. The van der Waals surface area contributed by atoms with E-state index in [1.165, 1.54) is 20.0 Å². The molecule has 0 radical (unpaired) electrons. The van der Waals surface area contributed by atoms with Crippen LogP contribution in [0.25, 0.3) is 0 Å². The van der Waals surface area contributed by atoms with Crippen LogP contribution in [0.5, 0.6) is 0 Å². The normalized spacial score (nSPS) is 16.6. The smallest absolute Gasteiger partial charge is 0.327 e. The van der Waals surface area contributed by atoms with Crippen LogP contribution < -0.4 is 5.32 Å². The first-order valence-corrected chi connectivity index (χ1v) is 6.16. The Morgan fingerprint density at radius 3 is 2.82 bits per heavy atom. The van der Waals surface area contributed by atoms with Crippen LogP contribution in [0.2, 0.25) is 5.02 Å². The molecule has 1 N–H and O–H groups in total. The van der Waals surface area contributed by atoms with Crippen LogP contribution in [0.1, 0.15) is 24.4 Å². The van der Waals surface area contributed by atoms with Gasteiger partial charge in [-0.05, 0) is 36.9 Å². The maximum absolute atomic E-state index is 11.8. The van der Waals surface area contributed by atoms with E-state index in [0.29, 0.717) is 10.9 Å². The van der Waals surface area contributed by atoms with Gasteiger partial charge in [0, 0.05) is 5.02 Å². The minimum absolute atomic E-state index is 0.293. The zero-order valence-corrected chi connectivity index (χ0v) is 10.5. The van der Waals surface area contributed by atoms with Crippen molar-refractivity contribution < 1.29 is 9.53 Å². The van der Waals surface area contributed by atoms with Gasteiger partial charge >= 0.3 is 5.97 Å². The summed E-state index contributed by atoms with van der Waals surface area (Å²) in [6, 6.07) is 6.89. The first-order valence-electron chi connectivity index (χ1n) is 5.78. The number of hydrogen-bond donors (Lipinski definition) is 1. The second-order valence-corrected chi connectivity index (χ2v) is 4.74. The standard InChI is InChI=1S/C13H16ClNO2/c1-17-13(16)12(15-8-9-6-7-9)10-4-2-3-5-11(10)14/h2-5,9,12,15H,6-8H2,1H3. The molecule has 0 bridgehead atoms. The average Bonchev–Trinajstić information content (AvgIpc) is 3.15. The molecule has 92 valence electrons. The number of ether oxygens (including phenoxy) is 1. The second kappa shape index (κ2) is 5.52. The molecule has 1 fully saturated rings. The van der Waals surface area contributed by atoms with Crippen LogP contribution in [0.4, 0.5) is 0 Å². The van der Waals surface area contributed by atoms with Gasteiger partial charge < -0.3 is 10.1 Å². The number of carbonyl (C=O) groups is 1. The SMILES string of the molecule is COC(=O)C(NCC1CC1)c1ccccc1Cl. The van der Waals surface area contributed by atoms with Crippen molar-refractivity contribution in [1.82, 2.24) is 5.32 Å². The third kappa shape index (κ3) is 3.20. The molecule has 0 spiro atoms. The van der Waals surface area contributed by atoms with Crippen LogP contribution in [0.3, 0.4) is 0 Å². The molecule has 2 rings (SSSR count). The van der Waals surface area contributed by atoms with E-state index in [2.05, 4.69) is 5.32 Å². The van der Waals surface area contributed by atoms with Crippen LogP contribution in [0.15, 0.2) is 24.3 Å². The zero-order valence-electron chi connectivity index (χ0n) is 9.78. The average molecular weight is 254 g/mol. The lowest BCUT2D eigenvalue weighted by Crippen LogP contribution is -2.31. The van der Waals surface area contributed by atoms with Crippen molar-refractivity contribution in [3.05, 3.63) is 34.9 Å². The molecule has 1 aromatic carbocycles. The quantitative estimate of drug-likeness (QED) is 0.820. The summed E-state index contributed by atoms with van der Waals surface area (Å²) < 4.78 is 4.81. The van der Waals surface area contributed by atoms with Gasteiger partial charge in [-0.2, -0.15) is 0 Å². The van der Waals surface area contributed by atoms with Gasteiger partial charge in [0.25, 0.3) is 0 Å². The van der Waals surface area contributed by atoms with E-state index in [4.69, 9.17) is 16.3 Å². The Morgan fingerprint density at radius 1 is 1.53 bits per heavy atom. The number of methoxy groups -OCH3 is 1. The van der Waals surface area contributed by atoms with Gasteiger partial charge in [0.15, 0.2) is 0 Å². The lowest BCUT2D eigenvalue weighted by molar-refractivity contribution is -0.143.